The zero-order valence-corrected chi connectivity index (χ0v) is 11.6. The van der Waals surface area contributed by atoms with Crippen LogP contribution < -0.4 is 10.5 Å². The average Bonchev–Trinajstić information content (AvgIpc) is 3.06. The Kier molecular flexibility index (Phi) is 3.78. The van der Waals surface area contributed by atoms with Crippen LogP contribution in [-0.2, 0) is 10.0 Å². The Bertz CT molecular complexity index is 619. The third kappa shape index (κ3) is 3.06. The summed E-state index contributed by atoms with van der Waals surface area (Å²) in [7, 11) is -3.64. The molecule has 102 valence electrons. The van der Waals surface area contributed by atoms with E-state index in [9.17, 15) is 8.42 Å². The van der Waals surface area contributed by atoms with Crippen molar-refractivity contribution in [3.05, 3.63) is 23.8 Å². The van der Waals surface area contributed by atoms with Crippen LogP contribution in [0.1, 0.15) is 31.7 Å². The molecule has 1 saturated carbocycles. The molecule has 2 atom stereocenters. The van der Waals surface area contributed by atoms with E-state index >= 15 is 0 Å². The van der Waals surface area contributed by atoms with Gasteiger partial charge in [-0.3, -0.25) is 0 Å². The van der Waals surface area contributed by atoms with Crippen LogP contribution in [0, 0.1) is 17.2 Å². The fourth-order valence-corrected chi connectivity index (χ4v) is 3.67. The lowest BCUT2D eigenvalue weighted by atomic mass is 10.2. The van der Waals surface area contributed by atoms with Crippen molar-refractivity contribution in [1.82, 2.24) is 4.72 Å². The van der Waals surface area contributed by atoms with Crippen molar-refractivity contribution in [2.75, 3.05) is 5.73 Å². The van der Waals surface area contributed by atoms with E-state index in [1.807, 2.05) is 6.07 Å². The molecule has 2 rings (SSSR count). The minimum absolute atomic E-state index is 0.00588. The number of hydrogen-bond donors (Lipinski definition) is 2. The Morgan fingerprint density at radius 1 is 1.53 bits per heavy atom. The van der Waals surface area contributed by atoms with Gasteiger partial charge in [0.05, 0.1) is 10.5 Å². The van der Waals surface area contributed by atoms with Crippen molar-refractivity contribution in [2.45, 2.75) is 37.1 Å². The third-order valence-electron chi connectivity index (χ3n) is 3.30. The Morgan fingerprint density at radius 3 is 2.89 bits per heavy atom. The van der Waals surface area contributed by atoms with Crippen LogP contribution in [0.4, 0.5) is 5.69 Å². The van der Waals surface area contributed by atoms with Gasteiger partial charge >= 0.3 is 0 Å². The first kappa shape index (κ1) is 13.8. The molecule has 0 aromatic heterocycles. The highest BCUT2D eigenvalue weighted by Gasteiger charge is 2.39. The van der Waals surface area contributed by atoms with Crippen LogP contribution in [0.5, 0.6) is 0 Å². The van der Waals surface area contributed by atoms with E-state index in [1.54, 1.807) is 0 Å². The molecule has 6 heteroatoms. The number of nitrogen functional groups attached to an aromatic ring is 1. The minimum Gasteiger partial charge on any atom is -0.399 e. The molecule has 1 aromatic rings. The number of rotatable bonds is 5. The quantitative estimate of drug-likeness (QED) is 0.800. The first-order chi connectivity index (χ1) is 8.97. The number of anilines is 1. The second-order valence-electron chi connectivity index (χ2n) is 4.88. The van der Waals surface area contributed by atoms with E-state index in [1.165, 1.54) is 18.2 Å². The molecule has 1 aromatic carbocycles. The Morgan fingerprint density at radius 2 is 2.26 bits per heavy atom. The predicted octanol–water partition coefficient (Wildman–Crippen LogP) is 1.61. The molecule has 0 bridgehead atoms. The molecule has 19 heavy (non-hydrogen) atoms. The summed E-state index contributed by atoms with van der Waals surface area (Å²) in [4.78, 5) is 0.00588. The summed E-state index contributed by atoms with van der Waals surface area (Å²) in [5, 5.41) is 8.99. The Hall–Kier alpha value is -1.58. The van der Waals surface area contributed by atoms with E-state index in [4.69, 9.17) is 11.0 Å². The number of nitrogens with one attached hydrogen (secondary N) is 1. The summed E-state index contributed by atoms with van der Waals surface area (Å²) >= 11 is 0. The smallest absolute Gasteiger partial charge is 0.242 e. The molecule has 1 aliphatic rings. The van der Waals surface area contributed by atoms with Crippen molar-refractivity contribution in [2.24, 2.45) is 5.92 Å². The van der Waals surface area contributed by atoms with Gasteiger partial charge in [0.2, 0.25) is 10.0 Å². The third-order valence-corrected chi connectivity index (χ3v) is 4.85. The van der Waals surface area contributed by atoms with Crippen molar-refractivity contribution in [3.63, 3.8) is 0 Å². The van der Waals surface area contributed by atoms with Gasteiger partial charge in [-0.2, -0.15) is 5.26 Å². The van der Waals surface area contributed by atoms with Gasteiger partial charge in [0, 0.05) is 11.7 Å². The molecular formula is C13H17N3O2S. The molecule has 0 spiro atoms. The molecule has 0 heterocycles. The maximum Gasteiger partial charge on any atom is 0.242 e. The summed E-state index contributed by atoms with van der Waals surface area (Å²) in [6.45, 7) is 2.08. The second kappa shape index (κ2) is 5.19. The SMILES string of the molecule is CCCC1CC1NS(=O)(=O)c1ccc(N)cc1C#N. The first-order valence-electron chi connectivity index (χ1n) is 6.30. The zero-order chi connectivity index (χ0) is 14.0. The van der Waals surface area contributed by atoms with Gasteiger partial charge in [-0.1, -0.05) is 13.3 Å². The van der Waals surface area contributed by atoms with Gasteiger partial charge in [0.1, 0.15) is 6.07 Å². The topological polar surface area (TPSA) is 96.0 Å². The summed E-state index contributed by atoms with van der Waals surface area (Å²) < 4.78 is 27.1. The van der Waals surface area contributed by atoms with E-state index in [2.05, 4.69) is 11.6 Å². The largest absolute Gasteiger partial charge is 0.399 e. The molecule has 0 amide bonds. The summed E-state index contributed by atoms with van der Waals surface area (Å²) in [5.41, 5.74) is 6.02. The average molecular weight is 279 g/mol. The highest BCUT2D eigenvalue weighted by Crippen LogP contribution is 2.36. The van der Waals surface area contributed by atoms with Gasteiger partial charge in [-0.05, 0) is 37.0 Å². The molecule has 0 saturated heterocycles. The molecule has 3 N–H and O–H groups in total. The maximum absolute atomic E-state index is 12.2. The predicted molar refractivity (Wildman–Crippen MR) is 72.7 cm³/mol. The van der Waals surface area contributed by atoms with E-state index < -0.39 is 10.0 Å². The maximum atomic E-state index is 12.2. The molecule has 1 aliphatic carbocycles. The van der Waals surface area contributed by atoms with Crippen molar-refractivity contribution in [1.29, 1.82) is 5.26 Å². The highest BCUT2D eigenvalue weighted by molar-refractivity contribution is 7.89. The highest BCUT2D eigenvalue weighted by atomic mass is 32.2. The monoisotopic (exact) mass is 279 g/mol. The van der Waals surface area contributed by atoms with Crippen LogP contribution in [0.25, 0.3) is 0 Å². The lowest BCUT2D eigenvalue weighted by molar-refractivity contribution is 0.573. The van der Waals surface area contributed by atoms with E-state index in [-0.39, 0.29) is 16.5 Å². The first-order valence-corrected chi connectivity index (χ1v) is 7.78. The summed E-state index contributed by atoms with van der Waals surface area (Å²) in [6, 6.07) is 6.14. The molecule has 0 radical (unpaired) electrons. The van der Waals surface area contributed by atoms with Crippen molar-refractivity contribution >= 4 is 15.7 Å². The number of nitriles is 1. The van der Waals surface area contributed by atoms with E-state index in [0.717, 1.165) is 19.3 Å². The number of sulfonamides is 1. The molecular weight excluding hydrogens is 262 g/mol. The molecule has 2 unspecified atom stereocenters. The van der Waals surface area contributed by atoms with Gasteiger partial charge in [0.25, 0.3) is 0 Å². The minimum atomic E-state index is -3.64. The Labute approximate surface area is 113 Å². The van der Waals surface area contributed by atoms with Crippen LogP contribution in [0.15, 0.2) is 23.1 Å². The van der Waals surface area contributed by atoms with Gasteiger partial charge in [0.15, 0.2) is 0 Å². The number of nitrogens with zero attached hydrogens (tertiary/aromatic N) is 1. The lowest BCUT2D eigenvalue weighted by Crippen LogP contribution is -2.27. The van der Waals surface area contributed by atoms with Crippen LogP contribution >= 0.6 is 0 Å². The molecule has 5 nitrogen and oxygen atoms in total. The lowest BCUT2D eigenvalue weighted by Gasteiger charge is -2.08. The summed E-state index contributed by atoms with van der Waals surface area (Å²) in [5.74, 6) is 0.430. The normalized spacial score (nSPS) is 21.9. The standard InChI is InChI=1S/C13H17N3O2S/c1-2-3-9-7-12(9)16-19(17,18)13-5-4-11(15)6-10(13)8-14/h4-6,9,12,16H,2-3,7,15H2,1H3. The Balaban J connectivity index is 2.19. The van der Waals surface area contributed by atoms with Crippen LogP contribution in [-0.4, -0.2) is 14.5 Å². The number of nitrogens with two attached hydrogens (primary N) is 1. The van der Waals surface area contributed by atoms with Crippen LogP contribution in [0.2, 0.25) is 0 Å². The fourth-order valence-electron chi connectivity index (χ4n) is 2.21. The van der Waals surface area contributed by atoms with Crippen LogP contribution in [0.3, 0.4) is 0 Å². The van der Waals surface area contributed by atoms with Gasteiger partial charge in [-0.25, -0.2) is 13.1 Å². The van der Waals surface area contributed by atoms with E-state index in [0.29, 0.717) is 11.6 Å². The second-order valence-corrected chi connectivity index (χ2v) is 6.56. The molecule has 0 aliphatic heterocycles. The number of benzene rings is 1. The van der Waals surface area contributed by atoms with Crippen molar-refractivity contribution < 1.29 is 8.42 Å². The van der Waals surface area contributed by atoms with Crippen molar-refractivity contribution in [3.8, 4) is 6.07 Å². The fraction of sp³-hybridized carbons (Fsp3) is 0.462. The van der Waals surface area contributed by atoms with Gasteiger partial charge in [-0.15, -0.1) is 0 Å². The summed E-state index contributed by atoms with van der Waals surface area (Å²) in [6.07, 6.45) is 2.96. The van der Waals surface area contributed by atoms with Gasteiger partial charge < -0.3 is 5.73 Å². The molecule has 1 fully saturated rings. The number of hydrogen-bond acceptors (Lipinski definition) is 4. The zero-order valence-electron chi connectivity index (χ0n) is 10.8.